The largest absolute Gasteiger partial charge is 0.497 e. The molecule has 0 radical (unpaired) electrons. The van der Waals surface area contributed by atoms with Gasteiger partial charge in [0.05, 0.1) is 20.1 Å². The zero-order valence-corrected chi connectivity index (χ0v) is 11.2. The molecule has 0 fully saturated rings. The molecule has 18 heavy (non-hydrogen) atoms. The Bertz CT molecular complexity index is 368. The van der Waals surface area contributed by atoms with E-state index in [1.165, 1.54) is 0 Å². The Balaban J connectivity index is 2.08. The van der Waals surface area contributed by atoms with Gasteiger partial charge in [-0.15, -0.1) is 0 Å². The van der Waals surface area contributed by atoms with Gasteiger partial charge in [0.15, 0.2) is 0 Å². The number of methoxy groups -OCH3 is 1. The Labute approximate surface area is 111 Å². The Hall–Kier alpha value is -1.36. The molecule has 0 bridgehead atoms. The number of thioether (sulfide) groups is 1. The predicted octanol–water partition coefficient (Wildman–Crippen LogP) is 2.67. The quantitative estimate of drug-likeness (QED) is 0.699. The zero-order chi connectivity index (χ0) is 13.2. The average Bonchev–Trinajstić information content (AvgIpc) is 2.37. The predicted molar refractivity (Wildman–Crippen MR) is 72.7 cm³/mol. The van der Waals surface area contributed by atoms with Gasteiger partial charge < -0.3 is 14.6 Å². The van der Waals surface area contributed by atoms with Gasteiger partial charge in [0.2, 0.25) is 0 Å². The van der Waals surface area contributed by atoms with Crippen molar-refractivity contribution >= 4 is 17.7 Å². The first-order valence-corrected chi connectivity index (χ1v) is 6.94. The molecule has 100 valence electrons. The van der Waals surface area contributed by atoms with Gasteiger partial charge in [0.25, 0.3) is 0 Å². The number of carboxylic acid groups (broad SMARTS) is 1. The van der Waals surface area contributed by atoms with E-state index in [9.17, 15) is 4.79 Å². The fraction of sp³-hybridized carbons (Fsp3) is 0.462. The average molecular weight is 270 g/mol. The van der Waals surface area contributed by atoms with Gasteiger partial charge in [-0.05, 0) is 24.3 Å². The van der Waals surface area contributed by atoms with Crippen LogP contribution in [-0.2, 0) is 4.79 Å². The summed E-state index contributed by atoms with van der Waals surface area (Å²) in [4.78, 5) is 10.3. The highest BCUT2D eigenvalue weighted by Crippen LogP contribution is 2.19. The molecule has 1 aromatic carbocycles. The molecule has 0 aliphatic carbocycles. The summed E-state index contributed by atoms with van der Waals surface area (Å²) in [6.07, 6.45) is 1.13. The van der Waals surface area contributed by atoms with E-state index in [2.05, 4.69) is 0 Å². The summed E-state index contributed by atoms with van der Waals surface area (Å²) in [7, 11) is 1.62. The molecule has 0 spiro atoms. The summed E-state index contributed by atoms with van der Waals surface area (Å²) in [6.45, 7) is 0.632. The van der Waals surface area contributed by atoms with E-state index in [0.717, 1.165) is 23.7 Å². The van der Waals surface area contributed by atoms with Gasteiger partial charge in [0.1, 0.15) is 11.5 Å². The van der Waals surface area contributed by atoms with Crippen LogP contribution in [0.25, 0.3) is 0 Å². The van der Waals surface area contributed by atoms with E-state index in [4.69, 9.17) is 14.6 Å². The third-order valence-corrected chi connectivity index (χ3v) is 3.27. The number of aliphatic carboxylic acids is 1. The molecule has 1 rings (SSSR count). The molecular weight excluding hydrogens is 252 g/mol. The van der Waals surface area contributed by atoms with Crippen molar-refractivity contribution in [2.24, 2.45) is 0 Å². The van der Waals surface area contributed by atoms with Crippen LogP contribution in [0, 0.1) is 0 Å². The number of hydrogen-bond donors (Lipinski definition) is 1. The second-order valence-corrected chi connectivity index (χ2v) is 4.86. The van der Waals surface area contributed by atoms with Crippen molar-refractivity contribution in [2.45, 2.75) is 12.8 Å². The van der Waals surface area contributed by atoms with Crippen LogP contribution in [0.5, 0.6) is 11.5 Å². The van der Waals surface area contributed by atoms with Crippen molar-refractivity contribution in [3.63, 3.8) is 0 Å². The lowest BCUT2D eigenvalue weighted by Crippen LogP contribution is -2.00. The van der Waals surface area contributed by atoms with Crippen LogP contribution in [0.4, 0.5) is 0 Å². The van der Waals surface area contributed by atoms with E-state index in [0.29, 0.717) is 12.4 Å². The fourth-order valence-corrected chi connectivity index (χ4v) is 2.15. The van der Waals surface area contributed by atoms with Crippen molar-refractivity contribution in [2.75, 3.05) is 25.2 Å². The molecule has 0 aliphatic heterocycles. The van der Waals surface area contributed by atoms with Crippen molar-refractivity contribution in [3.05, 3.63) is 24.3 Å². The second kappa shape index (κ2) is 8.69. The highest BCUT2D eigenvalue weighted by Gasteiger charge is 1.98. The van der Waals surface area contributed by atoms with Crippen LogP contribution < -0.4 is 9.47 Å². The maximum Gasteiger partial charge on any atom is 0.304 e. The molecule has 4 nitrogen and oxygen atoms in total. The molecule has 0 atom stereocenters. The molecular formula is C13H18O4S. The van der Waals surface area contributed by atoms with Crippen LogP contribution in [0.2, 0.25) is 0 Å². The normalized spacial score (nSPS) is 10.1. The highest BCUT2D eigenvalue weighted by atomic mass is 32.2. The Morgan fingerprint density at radius 3 is 2.83 bits per heavy atom. The lowest BCUT2D eigenvalue weighted by molar-refractivity contribution is -0.136. The van der Waals surface area contributed by atoms with Gasteiger partial charge >= 0.3 is 5.97 Å². The molecule has 5 heteroatoms. The lowest BCUT2D eigenvalue weighted by Gasteiger charge is -2.07. The first-order valence-electron chi connectivity index (χ1n) is 5.79. The van der Waals surface area contributed by atoms with Gasteiger partial charge in [-0.3, -0.25) is 4.79 Å². The molecule has 0 saturated heterocycles. The first kappa shape index (κ1) is 14.7. The fourth-order valence-electron chi connectivity index (χ4n) is 1.30. The van der Waals surface area contributed by atoms with E-state index in [-0.39, 0.29) is 6.42 Å². The number of carboxylic acids is 1. The minimum Gasteiger partial charge on any atom is -0.497 e. The number of hydrogen-bond acceptors (Lipinski definition) is 4. The molecule has 1 aromatic rings. The molecule has 0 saturated carbocycles. The summed E-state index contributed by atoms with van der Waals surface area (Å²) in [6, 6.07) is 7.49. The van der Waals surface area contributed by atoms with Crippen molar-refractivity contribution in [3.8, 4) is 11.5 Å². The monoisotopic (exact) mass is 270 g/mol. The van der Waals surface area contributed by atoms with E-state index >= 15 is 0 Å². The van der Waals surface area contributed by atoms with Crippen LogP contribution in [0.3, 0.4) is 0 Å². The summed E-state index contributed by atoms with van der Waals surface area (Å²) in [5.41, 5.74) is 0. The molecule has 1 N–H and O–H groups in total. The molecule has 0 unspecified atom stereocenters. The minimum absolute atomic E-state index is 0.224. The Morgan fingerprint density at radius 1 is 1.33 bits per heavy atom. The molecule has 0 amide bonds. The second-order valence-electron chi connectivity index (χ2n) is 3.64. The third-order valence-electron chi connectivity index (χ3n) is 2.20. The number of benzene rings is 1. The van der Waals surface area contributed by atoms with Gasteiger partial charge in [-0.2, -0.15) is 11.8 Å². The van der Waals surface area contributed by atoms with Crippen molar-refractivity contribution < 1.29 is 19.4 Å². The number of ether oxygens (including phenoxy) is 2. The summed E-state index contributed by atoms with van der Waals surface area (Å²) in [5, 5.41) is 8.46. The van der Waals surface area contributed by atoms with Crippen molar-refractivity contribution in [1.82, 2.24) is 0 Å². The van der Waals surface area contributed by atoms with Crippen LogP contribution in [0.1, 0.15) is 12.8 Å². The molecule has 0 heterocycles. The maximum absolute atomic E-state index is 10.3. The van der Waals surface area contributed by atoms with E-state index in [1.54, 1.807) is 18.9 Å². The minimum atomic E-state index is -0.741. The first-order chi connectivity index (χ1) is 8.72. The molecule has 0 aliphatic rings. The van der Waals surface area contributed by atoms with Crippen LogP contribution in [-0.4, -0.2) is 36.3 Å². The summed E-state index contributed by atoms with van der Waals surface area (Å²) < 4.78 is 10.7. The van der Waals surface area contributed by atoms with E-state index in [1.807, 2.05) is 24.3 Å². The topological polar surface area (TPSA) is 55.8 Å². The Kier molecular flexibility index (Phi) is 7.10. The van der Waals surface area contributed by atoms with Crippen molar-refractivity contribution in [1.29, 1.82) is 0 Å². The summed E-state index contributed by atoms with van der Waals surface area (Å²) in [5.74, 6) is 2.41. The lowest BCUT2D eigenvalue weighted by atomic mass is 10.3. The van der Waals surface area contributed by atoms with Gasteiger partial charge in [-0.25, -0.2) is 0 Å². The smallest absolute Gasteiger partial charge is 0.304 e. The SMILES string of the molecule is COc1cccc(OCCCSCCC(=O)O)c1. The van der Waals surface area contributed by atoms with Crippen LogP contribution in [0.15, 0.2) is 24.3 Å². The maximum atomic E-state index is 10.3. The standard InChI is InChI=1S/C13H18O4S/c1-16-11-4-2-5-12(10-11)17-7-3-8-18-9-6-13(14)15/h2,4-5,10H,3,6-9H2,1H3,(H,14,15). The van der Waals surface area contributed by atoms with Gasteiger partial charge in [0, 0.05) is 11.8 Å². The third kappa shape index (κ3) is 6.39. The summed E-state index contributed by atoms with van der Waals surface area (Å²) >= 11 is 1.64. The molecule has 0 aromatic heterocycles. The Morgan fingerprint density at radius 2 is 2.11 bits per heavy atom. The number of carbonyl (C=O) groups is 1. The highest BCUT2D eigenvalue weighted by molar-refractivity contribution is 7.99. The van der Waals surface area contributed by atoms with Gasteiger partial charge in [-0.1, -0.05) is 6.07 Å². The number of rotatable bonds is 9. The van der Waals surface area contributed by atoms with Crippen LogP contribution >= 0.6 is 11.8 Å². The zero-order valence-electron chi connectivity index (χ0n) is 10.4. The van der Waals surface area contributed by atoms with E-state index < -0.39 is 5.97 Å².